The van der Waals surface area contributed by atoms with Crippen LogP contribution in [0.25, 0.3) is 16.8 Å². The van der Waals surface area contributed by atoms with Gasteiger partial charge in [0, 0.05) is 57.1 Å². The number of morpholine rings is 1. The first-order valence-corrected chi connectivity index (χ1v) is 12.4. The van der Waals surface area contributed by atoms with Gasteiger partial charge >= 0.3 is 0 Å². The predicted octanol–water partition coefficient (Wildman–Crippen LogP) is 3.87. The van der Waals surface area contributed by atoms with Crippen LogP contribution in [0.15, 0.2) is 48.9 Å². The molecule has 1 aromatic carbocycles. The highest BCUT2D eigenvalue weighted by Gasteiger charge is 2.26. The van der Waals surface area contributed by atoms with Crippen molar-refractivity contribution in [2.75, 3.05) is 63.8 Å². The van der Waals surface area contributed by atoms with Gasteiger partial charge in [-0.15, -0.1) is 0 Å². The molecule has 3 aromatic heterocycles. The minimum Gasteiger partial charge on any atom is -0.494 e. The molecule has 13 heteroatoms. The van der Waals surface area contributed by atoms with E-state index >= 15 is 0 Å². The summed E-state index contributed by atoms with van der Waals surface area (Å²) in [5.41, 5.74) is 2.82. The Morgan fingerprint density at radius 1 is 1.26 bits per heavy atom. The average Bonchev–Trinajstić information content (AvgIpc) is 3.38. The Kier molecular flexibility index (Phi) is 7.54. The smallest absolute Gasteiger partial charge is 0.294 e. The van der Waals surface area contributed by atoms with Gasteiger partial charge in [-0.2, -0.15) is 5.10 Å². The second kappa shape index (κ2) is 11.2. The molecule has 0 aliphatic carbocycles. The Morgan fingerprint density at radius 3 is 2.82 bits per heavy atom. The van der Waals surface area contributed by atoms with E-state index in [1.54, 1.807) is 23.8 Å². The van der Waals surface area contributed by atoms with Gasteiger partial charge in [0.15, 0.2) is 0 Å². The van der Waals surface area contributed by atoms with Crippen LogP contribution in [0.2, 0.25) is 5.02 Å². The van der Waals surface area contributed by atoms with Crippen LogP contribution in [0.5, 0.6) is 5.75 Å². The van der Waals surface area contributed by atoms with Gasteiger partial charge in [0.1, 0.15) is 11.4 Å². The first-order valence-electron chi connectivity index (χ1n) is 12.1. The molecule has 198 valence electrons. The van der Waals surface area contributed by atoms with Gasteiger partial charge in [-0.05, 0) is 12.1 Å². The normalized spacial score (nSPS) is 14.0. The number of nitrogens with zero attached hydrogens (tertiary/aromatic N) is 7. The fraction of sp³-hybridized carbons (Fsp3) is 0.320. The van der Waals surface area contributed by atoms with Crippen LogP contribution in [0.3, 0.4) is 0 Å². The monoisotopic (exact) mass is 538 g/mol. The summed E-state index contributed by atoms with van der Waals surface area (Å²) in [6.45, 7) is 4.00. The summed E-state index contributed by atoms with van der Waals surface area (Å²) >= 11 is 6.58. The lowest BCUT2D eigenvalue weighted by atomic mass is 10.2. The molecule has 1 aliphatic heterocycles. The van der Waals surface area contributed by atoms with E-state index in [2.05, 4.69) is 20.3 Å². The van der Waals surface area contributed by atoms with Crippen LogP contribution in [0.1, 0.15) is 0 Å². The van der Waals surface area contributed by atoms with Crippen molar-refractivity contribution in [2.45, 2.75) is 0 Å². The number of pyridine rings is 1. The molecule has 1 fully saturated rings. The molecule has 0 radical (unpaired) electrons. The van der Waals surface area contributed by atoms with E-state index in [9.17, 15) is 10.1 Å². The van der Waals surface area contributed by atoms with E-state index in [1.807, 2.05) is 29.3 Å². The third kappa shape index (κ3) is 5.05. The van der Waals surface area contributed by atoms with Gasteiger partial charge in [0.25, 0.3) is 5.69 Å². The van der Waals surface area contributed by atoms with Gasteiger partial charge in [0.2, 0.25) is 5.95 Å². The van der Waals surface area contributed by atoms with Crippen LogP contribution in [-0.2, 0) is 4.74 Å². The molecule has 1 N–H and O–H groups in total. The number of nitrogens with one attached hydrogen (secondary N) is 1. The molecule has 0 atom stereocenters. The molecule has 0 unspecified atom stereocenters. The maximum atomic E-state index is 11.9. The summed E-state index contributed by atoms with van der Waals surface area (Å²) in [5.74, 6) is 0.774. The lowest BCUT2D eigenvalue weighted by Crippen LogP contribution is -2.41. The van der Waals surface area contributed by atoms with Gasteiger partial charge in [-0.3, -0.25) is 15.0 Å². The average molecular weight is 539 g/mol. The highest BCUT2D eigenvalue weighted by atomic mass is 35.5. The molecule has 38 heavy (non-hydrogen) atoms. The Labute approximate surface area is 223 Å². The summed E-state index contributed by atoms with van der Waals surface area (Å²) in [7, 11) is 3.15. The molecule has 5 rings (SSSR count). The highest BCUT2D eigenvalue weighted by Crippen LogP contribution is 2.41. The van der Waals surface area contributed by atoms with Crippen molar-refractivity contribution in [3.05, 3.63) is 64.1 Å². The number of aromatic nitrogens is 4. The van der Waals surface area contributed by atoms with Crippen LogP contribution in [0, 0.1) is 10.1 Å². The number of hydrogen-bond acceptors (Lipinski definition) is 10. The number of anilines is 3. The zero-order valence-electron chi connectivity index (χ0n) is 21.0. The van der Waals surface area contributed by atoms with Crippen molar-refractivity contribution >= 4 is 40.1 Å². The Morgan fingerprint density at radius 2 is 2.08 bits per heavy atom. The summed E-state index contributed by atoms with van der Waals surface area (Å²) in [4.78, 5) is 24.9. The number of rotatable bonds is 9. The number of benzene rings is 1. The van der Waals surface area contributed by atoms with Crippen molar-refractivity contribution in [1.82, 2.24) is 24.5 Å². The summed E-state index contributed by atoms with van der Waals surface area (Å²) in [5, 5.41) is 19.5. The number of nitro groups is 1. The van der Waals surface area contributed by atoms with Crippen LogP contribution in [0.4, 0.5) is 23.0 Å². The summed E-state index contributed by atoms with van der Waals surface area (Å²) < 4.78 is 12.9. The topological polar surface area (TPSA) is 123 Å². The molecular formula is C25H27ClN8O4. The maximum Gasteiger partial charge on any atom is 0.294 e. The summed E-state index contributed by atoms with van der Waals surface area (Å²) in [6.07, 6.45) is 5.09. The molecule has 0 amide bonds. The minimum absolute atomic E-state index is 0.0866. The van der Waals surface area contributed by atoms with Crippen LogP contribution < -0.4 is 15.0 Å². The van der Waals surface area contributed by atoms with E-state index in [0.717, 1.165) is 24.2 Å². The number of nitro benzene ring substituents is 1. The van der Waals surface area contributed by atoms with Crippen LogP contribution >= 0.6 is 11.6 Å². The second-order valence-corrected chi connectivity index (χ2v) is 9.02. The first-order chi connectivity index (χ1) is 18.5. The van der Waals surface area contributed by atoms with E-state index in [0.29, 0.717) is 60.1 Å². The first kappa shape index (κ1) is 25.6. The number of halogens is 1. The van der Waals surface area contributed by atoms with E-state index in [-0.39, 0.29) is 5.69 Å². The molecular weight excluding hydrogens is 512 g/mol. The van der Waals surface area contributed by atoms with Gasteiger partial charge in [-0.25, -0.2) is 14.5 Å². The van der Waals surface area contributed by atoms with E-state index in [4.69, 9.17) is 26.1 Å². The zero-order valence-corrected chi connectivity index (χ0v) is 21.8. The number of methoxy groups -OCH3 is 1. The molecule has 12 nitrogen and oxygen atoms in total. The highest BCUT2D eigenvalue weighted by molar-refractivity contribution is 6.33. The number of fused-ring (bicyclic) bond motifs is 1. The fourth-order valence-electron chi connectivity index (χ4n) is 4.47. The number of ether oxygens (including phenoxy) is 2. The number of hydrogen-bond donors (Lipinski definition) is 1. The lowest BCUT2D eigenvalue weighted by Gasteiger charge is -2.31. The SMILES string of the molecule is CNc1cc(OC)c(N(CCN2CCOCC2)c2ncc(Cl)c(-c3cnn4ccccc34)n2)cc1[N+](=O)[O-]. The third-order valence-corrected chi connectivity index (χ3v) is 6.73. The molecule has 1 saturated heterocycles. The van der Waals surface area contributed by atoms with E-state index < -0.39 is 4.92 Å². The standard InChI is InChI=1S/C25H27ClN8O4/c1-27-19-13-23(37-2)22(14-21(19)34(35)36)32(8-7-31-9-11-38-12-10-31)25-28-16-18(26)24(30-25)17-15-29-33-6-4-3-5-20(17)33/h3-6,13-16,27H,7-12H2,1-2H3. The Hall–Kier alpha value is -4.00. The molecule has 0 saturated carbocycles. The second-order valence-electron chi connectivity index (χ2n) is 8.61. The summed E-state index contributed by atoms with van der Waals surface area (Å²) in [6, 6.07) is 8.82. The van der Waals surface area contributed by atoms with Crippen molar-refractivity contribution in [3.8, 4) is 17.0 Å². The zero-order chi connectivity index (χ0) is 26.6. The van der Waals surface area contributed by atoms with Gasteiger partial charge in [-0.1, -0.05) is 17.7 Å². The molecule has 0 bridgehead atoms. The van der Waals surface area contributed by atoms with Crippen molar-refractivity contribution in [1.29, 1.82) is 0 Å². The Bertz CT molecular complexity index is 1460. The lowest BCUT2D eigenvalue weighted by molar-refractivity contribution is -0.383. The fourth-order valence-corrected chi connectivity index (χ4v) is 4.66. The van der Waals surface area contributed by atoms with Gasteiger partial charge < -0.3 is 19.7 Å². The van der Waals surface area contributed by atoms with E-state index in [1.165, 1.54) is 19.4 Å². The van der Waals surface area contributed by atoms with Crippen molar-refractivity contribution in [3.63, 3.8) is 0 Å². The molecule has 1 aliphatic rings. The van der Waals surface area contributed by atoms with Gasteiger partial charge in [0.05, 0.1) is 59.6 Å². The molecule has 4 aromatic rings. The predicted molar refractivity (Wildman–Crippen MR) is 145 cm³/mol. The molecule has 4 heterocycles. The Balaban J connectivity index is 1.62. The largest absolute Gasteiger partial charge is 0.494 e. The quantitative estimate of drug-likeness (QED) is 0.248. The third-order valence-electron chi connectivity index (χ3n) is 6.45. The van der Waals surface area contributed by atoms with Crippen molar-refractivity contribution < 1.29 is 14.4 Å². The maximum absolute atomic E-state index is 11.9. The molecule has 0 spiro atoms. The van der Waals surface area contributed by atoms with Crippen LogP contribution in [-0.4, -0.2) is 83.0 Å². The minimum atomic E-state index is -0.428. The van der Waals surface area contributed by atoms with Crippen molar-refractivity contribution in [2.24, 2.45) is 0 Å².